The second-order valence-electron chi connectivity index (χ2n) is 10.1. The van der Waals surface area contributed by atoms with Crippen LogP contribution in [0.4, 0.5) is 0 Å². The van der Waals surface area contributed by atoms with Crippen molar-refractivity contribution in [2.45, 2.75) is 91.9 Å². The molecule has 0 bridgehead atoms. The molecule has 4 aliphatic heterocycles. The van der Waals surface area contributed by atoms with Crippen molar-refractivity contribution in [3.8, 4) is 0 Å². The molecule has 0 spiro atoms. The van der Waals surface area contributed by atoms with Crippen molar-refractivity contribution < 1.29 is 91.3 Å². The molecule has 0 aromatic rings. The predicted octanol–water partition coefficient (Wildman–Crippen LogP) is -8.10. The summed E-state index contributed by atoms with van der Waals surface area (Å²) < 4.78 is 62.3. The topological polar surface area (TPSA) is 342 Å². The molecular weight excluding hydrogens is 618 g/mol. The molecule has 4 aliphatic rings. The van der Waals surface area contributed by atoms with Crippen LogP contribution in [0.3, 0.4) is 0 Å². The second kappa shape index (κ2) is 14.0. The normalized spacial score (nSPS) is 47.7. The first kappa shape index (κ1) is 34.6. The monoisotopic (exact) mass is 653 g/mol. The van der Waals surface area contributed by atoms with E-state index in [0.717, 1.165) is 0 Å². The molecule has 0 aromatic carbocycles. The SMILES string of the molecule is N[C@H]1[C@H](OC2[C@@H](CO)O[C@H]3OC4[C@@H](CO)O[C@@H](O)[C@H](N)[C@H]4OOS(=O)(=O)ON(CC(=O)O)[C@@H]3[C@H]2O)O[C@H](CO)[C@@H](O)[C@@H]1O. The van der Waals surface area contributed by atoms with Crippen LogP contribution in [0, 0.1) is 0 Å². The van der Waals surface area contributed by atoms with Crippen molar-refractivity contribution in [2.24, 2.45) is 11.5 Å². The number of hydroxylamine groups is 2. The molecule has 4 heterocycles. The lowest BCUT2D eigenvalue weighted by atomic mass is 9.94. The summed E-state index contributed by atoms with van der Waals surface area (Å²) in [6.07, 6.45) is -20.3. The first-order valence-corrected chi connectivity index (χ1v) is 14.2. The fourth-order valence-electron chi connectivity index (χ4n) is 5.08. The maximum absolute atomic E-state index is 12.6. The van der Waals surface area contributed by atoms with E-state index < -0.39 is 135 Å². The van der Waals surface area contributed by atoms with Crippen LogP contribution in [-0.2, 0) is 52.4 Å². The quantitative estimate of drug-likeness (QED) is 0.114. The van der Waals surface area contributed by atoms with Gasteiger partial charge in [-0.2, -0.15) is 12.7 Å². The molecule has 0 aliphatic carbocycles. The standard InChI is InChI=1S/C20H35N3O19S/c21-9-13(30)12(29)5(2-24)36-19(9)38-15-6(3-25)37-20-11(14(15)31)23(1-8(27)28)41-43(33,34)42-40-17-10(22)18(32)35-7(4-26)16(17)39-20/h5-7,9-20,24-26,29-32H,1-4,21-22H2,(H,27,28)/t5-,6-,7-,9-,10-,11-,12-,13-,14-,15?,16?,17-,18-,19+,20+/m1/s1. The first-order valence-electron chi connectivity index (χ1n) is 12.8. The van der Waals surface area contributed by atoms with Gasteiger partial charge in [-0.25, -0.2) is 4.89 Å². The van der Waals surface area contributed by atoms with Gasteiger partial charge in [0.1, 0.15) is 67.5 Å². The van der Waals surface area contributed by atoms with Crippen LogP contribution in [0.15, 0.2) is 0 Å². The average molecular weight is 654 g/mol. The molecule has 23 heteroatoms. The summed E-state index contributed by atoms with van der Waals surface area (Å²) in [6.45, 7) is -3.84. The zero-order chi connectivity index (χ0) is 31.8. The van der Waals surface area contributed by atoms with Gasteiger partial charge in [0.25, 0.3) is 0 Å². The number of hydrogen-bond donors (Lipinski definition) is 10. The molecule has 15 atom stereocenters. The minimum Gasteiger partial charge on any atom is -0.480 e. The molecular formula is C20H35N3O19S. The van der Waals surface area contributed by atoms with Crippen LogP contribution < -0.4 is 11.5 Å². The predicted molar refractivity (Wildman–Crippen MR) is 127 cm³/mol. The summed E-state index contributed by atoms with van der Waals surface area (Å²) in [5.74, 6) is -1.68. The van der Waals surface area contributed by atoms with Gasteiger partial charge in [0.05, 0.1) is 31.9 Å². The molecule has 12 N–H and O–H groups in total. The molecule has 0 amide bonds. The average Bonchev–Trinajstić information content (AvgIpc) is 2.94. The maximum atomic E-state index is 12.6. The largest absolute Gasteiger partial charge is 0.480 e. The van der Waals surface area contributed by atoms with Crippen LogP contribution in [0.25, 0.3) is 0 Å². The maximum Gasteiger partial charge on any atom is 0.443 e. The summed E-state index contributed by atoms with van der Waals surface area (Å²) >= 11 is 0. The molecule has 4 saturated heterocycles. The Hall–Kier alpha value is -1.30. The smallest absolute Gasteiger partial charge is 0.443 e. The summed E-state index contributed by atoms with van der Waals surface area (Å²) in [5, 5.41) is 81.1. The molecule has 250 valence electrons. The summed E-state index contributed by atoms with van der Waals surface area (Å²) in [7, 11) is -5.31. The Balaban J connectivity index is 1.73. The van der Waals surface area contributed by atoms with Crippen molar-refractivity contribution >= 4 is 16.4 Å². The van der Waals surface area contributed by atoms with Gasteiger partial charge in [-0.15, -0.1) is 5.06 Å². The van der Waals surface area contributed by atoms with Crippen molar-refractivity contribution in [3.05, 3.63) is 0 Å². The number of carboxylic acid groups (broad SMARTS) is 1. The summed E-state index contributed by atoms with van der Waals surface area (Å²) in [6, 6.07) is -5.01. The number of nitrogens with zero attached hydrogens (tertiary/aromatic N) is 1. The Morgan fingerprint density at radius 3 is 2.07 bits per heavy atom. The van der Waals surface area contributed by atoms with Gasteiger partial charge >= 0.3 is 16.4 Å². The number of carboxylic acids is 1. The van der Waals surface area contributed by atoms with E-state index in [0.29, 0.717) is 0 Å². The molecule has 2 unspecified atom stereocenters. The van der Waals surface area contributed by atoms with Crippen molar-refractivity contribution in [1.82, 2.24) is 5.06 Å². The van der Waals surface area contributed by atoms with Gasteiger partial charge in [0.15, 0.2) is 18.9 Å². The molecule has 4 rings (SSSR count). The van der Waals surface area contributed by atoms with Crippen LogP contribution in [0.1, 0.15) is 0 Å². The number of nitrogens with two attached hydrogens (primary N) is 2. The van der Waals surface area contributed by atoms with Gasteiger partial charge in [-0.3, -0.25) is 4.79 Å². The van der Waals surface area contributed by atoms with Crippen molar-refractivity contribution in [1.29, 1.82) is 0 Å². The van der Waals surface area contributed by atoms with E-state index in [-0.39, 0.29) is 5.06 Å². The first-order chi connectivity index (χ1) is 20.2. The highest BCUT2D eigenvalue weighted by molar-refractivity contribution is 7.81. The molecule has 0 saturated carbocycles. The Kier molecular flexibility index (Phi) is 11.3. The van der Waals surface area contributed by atoms with Crippen LogP contribution in [0.5, 0.6) is 0 Å². The Labute approximate surface area is 242 Å². The number of ether oxygens (including phenoxy) is 5. The van der Waals surface area contributed by atoms with Crippen molar-refractivity contribution in [2.75, 3.05) is 26.4 Å². The van der Waals surface area contributed by atoms with E-state index in [1.807, 2.05) is 0 Å². The third-order valence-corrected chi connectivity index (χ3v) is 7.89. The number of aliphatic hydroxyl groups is 7. The number of carbonyl (C=O) groups is 1. The van der Waals surface area contributed by atoms with Crippen LogP contribution in [0.2, 0.25) is 0 Å². The Morgan fingerprint density at radius 2 is 1.47 bits per heavy atom. The molecule has 4 fully saturated rings. The van der Waals surface area contributed by atoms with E-state index in [9.17, 15) is 54.1 Å². The lowest BCUT2D eigenvalue weighted by Gasteiger charge is -2.51. The highest BCUT2D eigenvalue weighted by atomic mass is 32.3. The van der Waals surface area contributed by atoms with Crippen LogP contribution >= 0.6 is 0 Å². The molecule has 0 aromatic heterocycles. The Bertz CT molecular complexity index is 1060. The minimum absolute atomic E-state index is 0.184. The van der Waals surface area contributed by atoms with Crippen LogP contribution in [-0.4, -0.2) is 179 Å². The van der Waals surface area contributed by atoms with Crippen molar-refractivity contribution in [3.63, 3.8) is 0 Å². The lowest BCUT2D eigenvalue weighted by Crippen LogP contribution is -2.71. The zero-order valence-corrected chi connectivity index (χ0v) is 22.9. The number of rotatable bonds is 7. The van der Waals surface area contributed by atoms with E-state index in [1.54, 1.807) is 0 Å². The molecule has 43 heavy (non-hydrogen) atoms. The van der Waals surface area contributed by atoms with Gasteiger partial charge < -0.3 is 76.0 Å². The zero-order valence-electron chi connectivity index (χ0n) is 22.1. The number of aliphatic carboxylic acids is 1. The summed E-state index contributed by atoms with van der Waals surface area (Å²) in [5.41, 5.74) is 11.8. The highest BCUT2D eigenvalue weighted by Gasteiger charge is 2.57. The number of aliphatic hydroxyl groups excluding tert-OH is 7. The van der Waals surface area contributed by atoms with Gasteiger partial charge in [-0.05, 0) is 0 Å². The third-order valence-electron chi connectivity index (χ3n) is 7.27. The molecule has 22 nitrogen and oxygen atoms in total. The lowest BCUT2D eigenvalue weighted by molar-refractivity contribution is -0.396. The van der Waals surface area contributed by atoms with E-state index in [4.69, 9.17) is 44.3 Å². The summed E-state index contributed by atoms with van der Waals surface area (Å²) in [4.78, 5) is 16.5. The minimum atomic E-state index is -5.31. The third kappa shape index (κ3) is 7.25. The highest BCUT2D eigenvalue weighted by Crippen LogP contribution is 2.35. The van der Waals surface area contributed by atoms with E-state index in [2.05, 4.69) is 4.33 Å². The van der Waals surface area contributed by atoms with Gasteiger partial charge in [0.2, 0.25) is 0 Å². The second-order valence-corrected chi connectivity index (χ2v) is 11.2. The van der Waals surface area contributed by atoms with E-state index >= 15 is 0 Å². The fourth-order valence-corrected chi connectivity index (χ4v) is 5.68. The number of fused-ring (bicyclic) bond motifs is 2. The Morgan fingerprint density at radius 1 is 0.814 bits per heavy atom. The number of hydrogen-bond acceptors (Lipinski definition) is 21. The fraction of sp³-hybridized carbons (Fsp3) is 0.950. The molecule has 0 radical (unpaired) electrons. The van der Waals surface area contributed by atoms with E-state index in [1.165, 1.54) is 0 Å². The van der Waals surface area contributed by atoms with Gasteiger partial charge in [-0.1, -0.05) is 4.33 Å². The van der Waals surface area contributed by atoms with Gasteiger partial charge in [0, 0.05) is 0 Å².